The first-order valence-corrected chi connectivity index (χ1v) is 5.87. The van der Waals surface area contributed by atoms with Crippen molar-refractivity contribution in [2.75, 3.05) is 7.11 Å². The zero-order chi connectivity index (χ0) is 13.7. The summed E-state index contributed by atoms with van der Waals surface area (Å²) in [4.78, 5) is 22.9. The third kappa shape index (κ3) is 4.11. The Kier molecular flexibility index (Phi) is 5.28. The molecule has 0 bridgehead atoms. The zero-order valence-corrected chi connectivity index (χ0v) is 11.0. The molecule has 0 amide bonds. The Labute approximate surface area is 110 Å². The molecular weight excluding hydrogens is 259 g/mol. The Bertz CT molecular complexity index is 460. The van der Waals surface area contributed by atoms with E-state index in [1.807, 2.05) is 0 Å². The fraction of sp³-hybridized carbons (Fsp3) is 0.385. The molecule has 0 aliphatic heterocycles. The first kappa shape index (κ1) is 14.6. The lowest BCUT2D eigenvalue weighted by Crippen LogP contribution is -2.12. The van der Waals surface area contributed by atoms with Crippen LogP contribution in [0.3, 0.4) is 0 Å². The summed E-state index contributed by atoms with van der Waals surface area (Å²) in [5.41, 5.74) is 0.258. The summed E-state index contributed by atoms with van der Waals surface area (Å²) in [7, 11) is 1.30. The molecule has 1 rings (SSSR count). The van der Waals surface area contributed by atoms with Crippen LogP contribution >= 0.6 is 11.6 Å². The van der Waals surface area contributed by atoms with Gasteiger partial charge in [0.15, 0.2) is 5.78 Å². The molecule has 98 valence electrons. The number of hydrogen-bond acceptors (Lipinski definition) is 3. The number of ether oxygens (including phenoxy) is 1. The summed E-state index contributed by atoms with van der Waals surface area (Å²) in [5, 5.41) is -0.0193. The molecule has 1 aromatic carbocycles. The van der Waals surface area contributed by atoms with Crippen LogP contribution in [0.4, 0.5) is 4.39 Å². The van der Waals surface area contributed by atoms with E-state index in [0.717, 1.165) is 6.07 Å². The van der Waals surface area contributed by atoms with Crippen molar-refractivity contribution in [3.05, 3.63) is 34.6 Å². The van der Waals surface area contributed by atoms with E-state index in [1.54, 1.807) is 6.92 Å². The van der Waals surface area contributed by atoms with E-state index in [1.165, 1.54) is 19.2 Å². The minimum absolute atomic E-state index is 0.0193. The highest BCUT2D eigenvalue weighted by atomic mass is 35.5. The van der Waals surface area contributed by atoms with Crippen LogP contribution in [0.25, 0.3) is 0 Å². The van der Waals surface area contributed by atoms with Gasteiger partial charge in [0.1, 0.15) is 5.82 Å². The predicted octanol–water partition coefficient (Wildman–Crippen LogP) is 3.25. The molecule has 0 saturated carbocycles. The zero-order valence-electron chi connectivity index (χ0n) is 10.2. The average molecular weight is 273 g/mol. The van der Waals surface area contributed by atoms with Crippen molar-refractivity contribution in [2.45, 2.75) is 19.8 Å². The quantitative estimate of drug-likeness (QED) is 0.610. The van der Waals surface area contributed by atoms with Crippen molar-refractivity contribution >= 4 is 23.4 Å². The van der Waals surface area contributed by atoms with Crippen LogP contribution in [-0.2, 0) is 9.53 Å². The van der Waals surface area contributed by atoms with Gasteiger partial charge in [0, 0.05) is 18.4 Å². The van der Waals surface area contributed by atoms with E-state index in [-0.39, 0.29) is 41.1 Å². The number of Topliss-reactive ketones (excluding diaryl/α,β-unsaturated/α-hetero) is 1. The molecule has 5 heteroatoms. The minimum atomic E-state index is -0.622. The van der Waals surface area contributed by atoms with Gasteiger partial charge in [0.05, 0.1) is 12.1 Å². The number of carbonyl (C=O) groups excluding carboxylic acids is 2. The normalized spacial score (nSPS) is 12.0. The summed E-state index contributed by atoms with van der Waals surface area (Å²) >= 11 is 5.53. The van der Waals surface area contributed by atoms with Crippen LogP contribution in [-0.4, -0.2) is 18.9 Å². The van der Waals surface area contributed by atoms with E-state index in [2.05, 4.69) is 4.74 Å². The first-order valence-electron chi connectivity index (χ1n) is 5.49. The number of carbonyl (C=O) groups is 2. The van der Waals surface area contributed by atoms with Gasteiger partial charge in [-0.1, -0.05) is 18.5 Å². The second kappa shape index (κ2) is 6.50. The van der Waals surface area contributed by atoms with Crippen LogP contribution in [0.15, 0.2) is 18.2 Å². The number of halogens is 2. The van der Waals surface area contributed by atoms with Crippen LogP contribution in [0.5, 0.6) is 0 Å². The lowest BCUT2D eigenvalue weighted by atomic mass is 9.97. The van der Waals surface area contributed by atoms with E-state index in [4.69, 9.17) is 11.6 Å². The van der Waals surface area contributed by atoms with Crippen molar-refractivity contribution in [3.63, 3.8) is 0 Å². The minimum Gasteiger partial charge on any atom is -0.469 e. The van der Waals surface area contributed by atoms with Gasteiger partial charge in [-0.2, -0.15) is 0 Å². The maximum Gasteiger partial charge on any atom is 0.305 e. The van der Waals surface area contributed by atoms with Crippen molar-refractivity contribution in [1.29, 1.82) is 0 Å². The molecule has 0 radical (unpaired) electrons. The van der Waals surface area contributed by atoms with Crippen LogP contribution in [0.1, 0.15) is 30.1 Å². The number of benzene rings is 1. The molecule has 1 atom stereocenters. The lowest BCUT2D eigenvalue weighted by Gasteiger charge is -2.09. The second-order valence-corrected chi connectivity index (χ2v) is 4.55. The maximum atomic E-state index is 13.2. The van der Waals surface area contributed by atoms with Gasteiger partial charge in [-0.05, 0) is 24.1 Å². The molecule has 0 spiro atoms. The van der Waals surface area contributed by atoms with Crippen molar-refractivity contribution < 1.29 is 18.7 Å². The molecule has 0 aliphatic carbocycles. The molecule has 0 unspecified atom stereocenters. The Hall–Kier alpha value is -1.42. The largest absolute Gasteiger partial charge is 0.469 e. The van der Waals surface area contributed by atoms with E-state index >= 15 is 0 Å². The SMILES string of the molecule is COC(=O)C[C@@H](C)CC(=O)c1ccc(Cl)c(F)c1. The molecule has 0 saturated heterocycles. The highest BCUT2D eigenvalue weighted by Gasteiger charge is 2.16. The Morgan fingerprint density at radius 2 is 2.06 bits per heavy atom. The smallest absolute Gasteiger partial charge is 0.305 e. The fourth-order valence-corrected chi connectivity index (χ4v) is 1.66. The monoisotopic (exact) mass is 272 g/mol. The van der Waals surface area contributed by atoms with Gasteiger partial charge >= 0.3 is 5.97 Å². The van der Waals surface area contributed by atoms with E-state index in [0.29, 0.717) is 0 Å². The van der Waals surface area contributed by atoms with Gasteiger partial charge in [-0.25, -0.2) is 4.39 Å². The molecule has 0 N–H and O–H groups in total. The molecule has 0 fully saturated rings. The van der Waals surface area contributed by atoms with Gasteiger partial charge in [0.2, 0.25) is 0 Å². The fourth-order valence-electron chi connectivity index (χ4n) is 1.54. The highest BCUT2D eigenvalue weighted by molar-refractivity contribution is 6.30. The number of rotatable bonds is 5. The number of methoxy groups -OCH3 is 1. The summed E-state index contributed by atoms with van der Waals surface area (Å²) in [6.45, 7) is 1.76. The maximum absolute atomic E-state index is 13.2. The first-order chi connectivity index (χ1) is 8.43. The predicted molar refractivity (Wildman–Crippen MR) is 66.2 cm³/mol. The molecular formula is C13H14ClFO3. The third-order valence-corrected chi connectivity index (χ3v) is 2.82. The molecule has 0 aliphatic rings. The van der Waals surface area contributed by atoms with Gasteiger partial charge in [-0.3, -0.25) is 9.59 Å². The van der Waals surface area contributed by atoms with Crippen LogP contribution in [0, 0.1) is 11.7 Å². The van der Waals surface area contributed by atoms with Crippen molar-refractivity contribution in [1.82, 2.24) is 0 Å². The summed E-state index contributed by atoms with van der Waals surface area (Å²) < 4.78 is 17.7. The van der Waals surface area contributed by atoms with Gasteiger partial charge in [0.25, 0.3) is 0 Å². The average Bonchev–Trinajstić information content (AvgIpc) is 2.32. The Morgan fingerprint density at radius 1 is 1.39 bits per heavy atom. The summed E-state index contributed by atoms with van der Waals surface area (Å²) in [6, 6.07) is 3.92. The van der Waals surface area contributed by atoms with Gasteiger partial charge in [-0.15, -0.1) is 0 Å². The molecule has 0 aromatic heterocycles. The van der Waals surface area contributed by atoms with Crippen molar-refractivity contribution in [2.24, 2.45) is 5.92 Å². The summed E-state index contributed by atoms with van der Waals surface area (Å²) in [5.74, 6) is -1.36. The number of esters is 1. The highest BCUT2D eigenvalue weighted by Crippen LogP contribution is 2.19. The molecule has 1 aromatic rings. The second-order valence-electron chi connectivity index (χ2n) is 4.14. The van der Waals surface area contributed by atoms with Crippen molar-refractivity contribution in [3.8, 4) is 0 Å². The lowest BCUT2D eigenvalue weighted by molar-refractivity contribution is -0.141. The summed E-state index contributed by atoms with van der Waals surface area (Å²) in [6.07, 6.45) is 0.328. The third-order valence-electron chi connectivity index (χ3n) is 2.52. The Morgan fingerprint density at radius 3 is 2.61 bits per heavy atom. The molecule has 18 heavy (non-hydrogen) atoms. The van der Waals surface area contributed by atoms with Crippen LogP contribution in [0.2, 0.25) is 5.02 Å². The van der Waals surface area contributed by atoms with E-state index in [9.17, 15) is 14.0 Å². The van der Waals surface area contributed by atoms with E-state index < -0.39 is 5.82 Å². The standard InChI is InChI=1S/C13H14ClFO3/c1-8(6-13(17)18-2)5-12(16)9-3-4-10(14)11(15)7-9/h3-4,7-8H,5-6H2,1-2H3/t8-/m0/s1. The topological polar surface area (TPSA) is 43.4 Å². The van der Waals surface area contributed by atoms with Gasteiger partial charge < -0.3 is 4.74 Å². The molecule has 3 nitrogen and oxygen atoms in total. The number of hydrogen-bond donors (Lipinski definition) is 0. The number of ketones is 1. The molecule has 0 heterocycles. The van der Waals surface area contributed by atoms with Crippen LogP contribution < -0.4 is 0 Å². The Balaban J connectivity index is 2.64.